The van der Waals surface area contributed by atoms with Crippen LogP contribution in [-0.2, 0) is 0 Å². The fourth-order valence-electron chi connectivity index (χ4n) is 1.92. The van der Waals surface area contributed by atoms with Crippen molar-refractivity contribution < 1.29 is 4.74 Å². The average Bonchev–Trinajstić information content (AvgIpc) is 2.89. The summed E-state index contributed by atoms with van der Waals surface area (Å²) in [5.41, 5.74) is 0. The van der Waals surface area contributed by atoms with Crippen molar-refractivity contribution >= 4 is 47.4 Å². The van der Waals surface area contributed by atoms with Gasteiger partial charge in [-0.2, -0.15) is 0 Å². The van der Waals surface area contributed by atoms with Gasteiger partial charge in [-0.3, -0.25) is 4.90 Å². The highest BCUT2D eigenvalue weighted by atomic mass is 35.5. The molecule has 1 aromatic rings. The van der Waals surface area contributed by atoms with E-state index in [1.807, 2.05) is 11.8 Å². The van der Waals surface area contributed by atoms with Gasteiger partial charge in [0, 0.05) is 24.4 Å². The Balaban J connectivity index is 0.00000200. The average molecular weight is 358 g/mol. The fraction of sp³-hybridized carbons (Fsp3) is 0.615. The van der Waals surface area contributed by atoms with Crippen molar-refractivity contribution in [2.45, 2.75) is 19.3 Å². The highest BCUT2D eigenvalue weighted by Crippen LogP contribution is 2.24. The largest absolute Gasteiger partial charge is 0.477 e. The maximum absolute atomic E-state index is 5.97. The molecule has 1 aromatic heterocycles. The van der Waals surface area contributed by atoms with Crippen LogP contribution in [0.2, 0.25) is 10.0 Å². The van der Waals surface area contributed by atoms with Crippen molar-refractivity contribution in [1.82, 2.24) is 9.88 Å². The molecule has 114 valence electrons. The Morgan fingerprint density at radius 3 is 2.85 bits per heavy atom. The Morgan fingerprint density at radius 1 is 1.30 bits per heavy atom. The maximum Gasteiger partial charge on any atom is 0.232 e. The highest BCUT2D eigenvalue weighted by Gasteiger charge is 2.10. The van der Waals surface area contributed by atoms with Gasteiger partial charge in [0.25, 0.3) is 0 Å². The molecule has 0 atom stereocenters. The van der Waals surface area contributed by atoms with Gasteiger partial charge in [-0.15, -0.1) is 24.2 Å². The molecule has 0 unspecified atom stereocenters. The van der Waals surface area contributed by atoms with Crippen LogP contribution in [0, 0.1) is 0 Å². The van der Waals surface area contributed by atoms with E-state index in [0.29, 0.717) is 22.5 Å². The minimum atomic E-state index is 0. The summed E-state index contributed by atoms with van der Waals surface area (Å²) in [6.45, 7) is 3.10. The van der Waals surface area contributed by atoms with Gasteiger partial charge in [0.15, 0.2) is 0 Å². The van der Waals surface area contributed by atoms with E-state index in [-0.39, 0.29) is 12.4 Å². The first-order valence-corrected chi connectivity index (χ1v) is 8.41. The number of pyridine rings is 1. The molecule has 0 saturated carbocycles. The number of hydrogen-bond acceptors (Lipinski definition) is 4. The standard InChI is InChI=1S/C13H18Cl2N2OS.ClH/c14-11-8-12(15)13(16-9-11)18-6-3-1-2-4-17-5-7-19-10-17;/h8-9H,1-7,10H2;1H. The van der Waals surface area contributed by atoms with E-state index in [1.54, 1.807) is 12.3 Å². The zero-order chi connectivity index (χ0) is 13.5. The van der Waals surface area contributed by atoms with Crippen LogP contribution in [0.3, 0.4) is 0 Å². The lowest BCUT2D eigenvalue weighted by Crippen LogP contribution is -2.20. The van der Waals surface area contributed by atoms with E-state index < -0.39 is 0 Å². The van der Waals surface area contributed by atoms with Crippen molar-refractivity contribution in [2.75, 3.05) is 31.3 Å². The molecule has 0 spiro atoms. The van der Waals surface area contributed by atoms with Crippen LogP contribution in [0.5, 0.6) is 5.88 Å². The molecule has 2 heterocycles. The third-order valence-electron chi connectivity index (χ3n) is 2.96. The number of thioether (sulfide) groups is 1. The van der Waals surface area contributed by atoms with Gasteiger partial charge in [-0.05, 0) is 31.9 Å². The molecule has 1 aliphatic heterocycles. The molecule has 0 aromatic carbocycles. The summed E-state index contributed by atoms with van der Waals surface area (Å²) in [7, 11) is 0. The predicted molar refractivity (Wildman–Crippen MR) is 89.7 cm³/mol. The van der Waals surface area contributed by atoms with E-state index >= 15 is 0 Å². The Hall–Kier alpha value is 0.130. The molecular formula is C13H19Cl3N2OS. The van der Waals surface area contributed by atoms with E-state index in [0.717, 1.165) is 6.42 Å². The second-order valence-corrected chi connectivity index (χ2v) is 6.42. The van der Waals surface area contributed by atoms with Gasteiger partial charge in [0.2, 0.25) is 5.88 Å². The van der Waals surface area contributed by atoms with Crippen molar-refractivity contribution in [1.29, 1.82) is 0 Å². The van der Waals surface area contributed by atoms with Crippen LogP contribution in [-0.4, -0.2) is 41.2 Å². The SMILES string of the molecule is Cl.Clc1cnc(OCCCCCN2CCSC2)c(Cl)c1. The molecule has 0 radical (unpaired) electrons. The van der Waals surface area contributed by atoms with E-state index in [9.17, 15) is 0 Å². The molecule has 0 bridgehead atoms. The molecule has 1 fully saturated rings. The van der Waals surface area contributed by atoms with E-state index in [4.69, 9.17) is 27.9 Å². The summed E-state index contributed by atoms with van der Waals surface area (Å²) in [6.07, 6.45) is 4.98. The first-order chi connectivity index (χ1) is 9.25. The Bertz CT molecular complexity index is 403. The molecule has 1 aliphatic rings. The van der Waals surface area contributed by atoms with Crippen LogP contribution in [0.4, 0.5) is 0 Å². The van der Waals surface area contributed by atoms with Crippen molar-refractivity contribution in [3.05, 3.63) is 22.3 Å². The summed E-state index contributed by atoms with van der Waals surface area (Å²) in [6, 6.07) is 1.65. The zero-order valence-electron chi connectivity index (χ0n) is 11.2. The third kappa shape index (κ3) is 6.27. The van der Waals surface area contributed by atoms with Crippen molar-refractivity contribution in [3.8, 4) is 5.88 Å². The van der Waals surface area contributed by atoms with Crippen LogP contribution in [0.25, 0.3) is 0 Å². The van der Waals surface area contributed by atoms with Crippen LogP contribution in [0.1, 0.15) is 19.3 Å². The quantitative estimate of drug-likeness (QED) is 0.677. The normalized spacial score (nSPS) is 15.1. The van der Waals surface area contributed by atoms with Gasteiger partial charge in [0.05, 0.1) is 11.6 Å². The first-order valence-electron chi connectivity index (χ1n) is 6.49. The number of hydrogen-bond donors (Lipinski definition) is 0. The van der Waals surface area contributed by atoms with Crippen LogP contribution >= 0.6 is 47.4 Å². The molecule has 0 aliphatic carbocycles. The van der Waals surface area contributed by atoms with Crippen molar-refractivity contribution in [2.24, 2.45) is 0 Å². The molecule has 3 nitrogen and oxygen atoms in total. The lowest BCUT2D eigenvalue weighted by Gasteiger charge is -2.13. The molecule has 1 saturated heterocycles. The first kappa shape index (κ1) is 18.2. The van der Waals surface area contributed by atoms with E-state index in [1.165, 1.54) is 37.6 Å². The monoisotopic (exact) mass is 356 g/mol. The molecule has 2 rings (SSSR count). The minimum Gasteiger partial charge on any atom is -0.477 e. The third-order valence-corrected chi connectivity index (χ3v) is 4.45. The molecule has 0 amide bonds. The van der Waals surface area contributed by atoms with Gasteiger partial charge in [-0.1, -0.05) is 23.2 Å². The lowest BCUT2D eigenvalue weighted by molar-refractivity contribution is 0.285. The van der Waals surface area contributed by atoms with Gasteiger partial charge >= 0.3 is 0 Å². The fourth-order valence-corrected chi connectivity index (χ4v) is 3.39. The maximum atomic E-state index is 5.97. The highest BCUT2D eigenvalue weighted by molar-refractivity contribution is 7.99. The number of unbranched alkanes of at least 4 members (excludes halogenated alkanes) is 2. The van der Waals surface area contributed by atoms with Gasteiger partial charge in [-0.25, -0.2) is 4.98 Å². The smallest absolute Gasteiger partial charge is 0.232 e. The number of rotatable bonds is 7. The molecular weight excluding hydrogens is 339 g/mol. The van der Waals surface area contributed by atoms with Crippen molar-refractivity contribution in [3.63, 3.8) is 0 Å². The summed E-state index contributed by atoms with van der Waals surface area (Å²) >= 11 is 13.8. The lowest BCUT2D eigenvalue weighted by atomic mass is 10.2. The molecule has 0 N–H and O–H groups in total. The Labute approximate surface area is 140 Å². The topological polar surface area (TPSA) is 25.4 Å². The zero-order valence-corrected chi connectivity index (χ0v) is 14.3. The summed E-state index contributed by atoms with van der Waals surface area (Å²) in [5, 5.41) is 1.00. The summed E-state index contributed by atoms with van der Waals surface area (Å²) in [4.78, 5) is 6.56. The Kier molecular flexibility index (Phi) is 9.05. The second-order valence-electron chi connectivity index (χ2n) is 4.51. The number of nitrogens with zero attached hydrogens (tertiary/aromatic N) is 2. The van der Waals surface area contributed by atoms with Crippen LogP contribution < -0.4 is 4.74 Å². The molecule has 20 heavy (non-hydrogen) atoms. The predicted octanol–water partition coefficient (Wildman–Crippen LogP) is 4.37. The van der Waals surface area contributed by atoms with Crippen LogP contribution in [0.15, 0.2) is 12.3 Å². The Morgan fingerprint density at radius 2 is 2.15 bits per heavy atom. The number of ether oxygens (including phenoxy) is 1. The minimum absolute atomic E-state index is 0. The summed E-state index contributed by atoms with van der Waals surface area (Å²) < 4.78 is 5.54. The van der Waals surface area contributed by atoms with Gasteiger partial charge in [0.1, 0.15) is 5.02 Å². The van der Waals surface area contributed by atoms with E-state index in [2.05, 4.69) is 9.88 Å². The number of aromatic nitrogens is 1. The second kappa shape index (κ2) is 9.96. The molecule has 7 heteroatoms. The number of halogens is 3. The summed E-state index contributed by atoms with van der Waals surface area (Å²) in [5.74, 6) is 2.95. The van der Waals surface area contributed by atoms with Gasteiger partial charge < -0.3 is 4.74 Å².